The largest absolute Gasteiger partial charge is 0.381 e. The van der Waals surface area contributed by atoms with Gasteiger partial charge in [-0.1, -0.05) is 0 Å². The van der Waals surface area contributed by atoms with Crippen molar-refractivity contribution in [2.24, 2.45) is 5.92 Å². The van der Waals surface area contributed by atoms with Gasteiger partial charge in [0.2, 0.25) is 15.9 Å². The third-order valence-corrected chi connectivity index (χ3v) is 6.06. The first-order valence-electron chi connectivity index (χ1n) is 8.41. The molecule has 2 aliphatic rings. The van der Waals surface area contributed by atoms with Crippen LogP contribution in [0.4, 0.5) is 5.82 Å². The monoisotopic (exact) mass is 356 g/mol. The molecule has 24 heavy (non-hydrogen) atoms. The van der Waals surface area contributed by atoms with Gasteiger partial charge in [0.15, 0.2) is 0 Å². The predicted molar refractivity (Wildman–Crippen MR) is 89.1 cm³/mol. The standard InChI is InChI=1S/C15H24N4O4S/c1-2-19-14(5-7-16-19)18-8-3-4-13(15(18)20)17-24(21,22)11-12-6-9-23-10-12/h5,7,12-13,17H,2-4,6,8-11H2,1H3/t12-,13-/m1/s1. The topological polar surface area (TPSA) is 93.5 Å². The number of hydrogen-bond acceptors (Lipinski definition) is 5. The number of piperidine rings is 1. The van der Waals surface area contributed by atoms with Crippen molar-refractivity contribution in [3.63, 3.8) is 0 Å². The molecule has 1 N–H and O–H groups in total. The Balaban J connectivity index is 1.68. The van der Waals surface area contributed by atoms with Gasteiger partial charge in [0, 0.05) is 25.8 Å². The second-order valence-corrected chi connectivity index (χ2v) is 8.12. The Morgan fingerprint density at radius 2 is 2.25 bits per heavy atom. The first-order chi connectivity index (χ1) is 11.5. The molecule has 3 heterocycles. The fourth-order valence-electron chi connectivity index (χ4n) is 3.30. The highest BCUT2D eigenvalue weighted by molar-refractivity contribution is 7.89. The van der Waals surface area contributed by atoms with Crippen molar-refractivity contribution in [1.29, 1.82) is 0 Å². The van der Waals surface area contributed by atoms with Crippen LogP contribution in [0.1, 0.15) is 26.2 Å². The molecule has 2 atom stereocenters. The molecule has 3 rings (SSSR count). The Morgan fingerprint density at radius 1 is 1.42 bits per heavy atom. The van der Waals surface area contributed by atoms with E-state index in [4.69, 9.17) is 4.74 Å². The maximum atomic E-state index is 12.7. The van der Waals surface area contributed by atoms with E-state index >= 15 is 0 Å². The summed E-state index contributed by atoms with van der Waals surface area (Å²) in [5.74, 6) is 0.543. The molecular weight excluding hydrogens is 332 g/mol. The van der Waals surface area contributed by atoms with Gasteiger partial charge in [0.1, 0.15) is 11.9 Å². The van der Waals surface area contributed by atoms with E-state index in [1.54, 1.807) is 21.8 Å². The molecule has 2 saturated heterocycles. The number of sulfonamides is 1. The van der Waals surface area contributed by atoms with Crippen molar-refractivity contribution in [2.75, 3.05) is 30.4 Å². The molecule has 0 radical (unpaired) electrons. The van der Waals surface area contributed by atoms with Crippen LogP contribution in [0.3, 0.4) is 0 Å². The normalized spacial score (nSPS) is 25.4. The highest BCUT2D eigenvalue weighted by Gasteiger charge is 2.34. The molecule has 0 aliphatic carbocycles. The van der Waals surface area contributed by atoms with Gasteiger partial charge >= 0.3 is 0 Å². The van der Waals surface area contributed by atoms with Gasteiger partial charge in [-0.25, -0.2) is 17.8 Å². The average molecular weight is 356 g/mol. The van der Waals surface area contributed by atoms with Crippen molar-refractivity contribution >= 4 is 21.7 Å². The first kappa shape index (κ1) is 17.4. The summed E-state index contributed by atoms with van der Waals surface area (Å²) < 4.78 is 34.3. The molecule has 1 aromatic rings. The molecule has 0 aromatic carbocycles. The quantitative estimate of drug-likeness (QED) is 0.794. The summed E-state index contributed by atoms with van der Waals surface area (Å²) in [6.07, 6.45) is 3.68. The lowest BCUT2D eigenvalue weighted by Crippen LogP contribution is -2.53. The van der Waals surface area contributed by atoms with Gasteiger partial charge in [-0.3, -0.25) is 9.69 Å². The Labute approximate surface area is 142 Å². The molecule has 0 spiro atoms. The molecule has 0 saturated carbocycles. The summed E-state index contributed by atoms with van der Waals surface area (Å²) in [6, 6.07) is 1.08. The highest BCUT2D eigenvalue weighted by atomic mass is 32.2. The number of nitrogens with one attached hydrogen (secondary N) is 1. The molecule has 8 nitrogen and oxygen atoms in total. The number of carbonyl (C=O) groups excluding carboxylic acids is 1. The molecule has 1 amide bonds. The van der Waals surface area contributed by atoms with E-state index in [0.717, 1.165) is 18.7 Å². The van der Waals surface area contributed by atoms with E-state index in [0.29, 0.717) is 32.7 Å². The second kappa shape index (κ2) is 7.20. The minimum Gasteiger partial charge on any atom is -0.381 e. The Kier molecular flexibility index (Phi) is 5.21. The summed E-state index contributed by atoms with van der Waals surface area (Å²) in [5, 5.41) is 4.18. The predicted octanol–water partition coefficient (Wildman–Crippen LogP) is 0.354. The molecule has 2 fully saturated rings. The summed E-state index contributed by atoms with van der Waals surface area (Å²) in [5.41, 5.74) is 0. The van der Waals surface area contributed by atoms with E-state index in [1.165, 1.54) is 0 Å². The van der Waals surface area contributed by atoms with E-state index in [1.807, 2.05) is 6.92 Å². The summed E-state index contributed by atoms with van der Waals surface area (Å²) in [4.78, 5) is 14.4. The zero-order valence-electron chi connectivity index (χ0n) is 13.8. The van der Waals surface area contributed by atoms with Crippen LogP contribution in [-0.2, 0) is 26.1 Å². The summed E-state index contributed by atoms with van der Waals surface area (Å²) in [6.45, 7) is 4.27. The van der Waals surface area contributed by atoms with Crippen molar-refractivity contribution in [2.45, 2.75) is 38.8 Å². The number of hydrogen-bond donors (Lipinski definition) is 1. The van der Waals surface area contributed by atoms with Crippen molar-refractivity contribution < 1.29 is 17.9 Å². The van der Waals surface area contributed by atoms with Gasteiger partial charge in [-0.05, 0) is 32.1 Å². The van der Waals surface area contributed by atoms with Gasteiger partial charge in [-0.15, -0.1) is 0 Å². The number of rotatable bonds is 6. The number of anilines is 1. The maximum Gasteiger partial charge on any atom is 0.246 e. The number of aryl methyl sites for hydroxylation is 1. The third-order valence-electron chi connectivity index (χ3n) is 4.51. The minimum atomic E-state index is -3.51. The average Bonchev–Trinajstić information content (AvgIpc) is 3.19. The molecule has 9 heteroatoms. The Bertz CT molecular complexity index is 681. The molecule has 134 valence electrons. The van der Waals surface area contributed by atoms with Crippen LogP contribution >= 0.6 is 0 Å². The highest BCUT2D eigenvalue weighted by Crippen LogP contribution is 2.22. The number of ether oxygens (including phenoxy) is 1. The molecule has 0 unspecified atom stereocenters. The third kappa shape index (κ3) is 3.79. The summed E-state index contributed by atoms with van der Waals surface area (Å²) in [7, 11) is -3.51. The van der Waals surface area contributed by atoms with Crippen LogP contribution in [0.25, 0.3) is 0 Å². The van der Waals surface area contributed by atoms with Gasteiger partial charge in [0.25, 0.3) is 0 Å². The van der Waals surface area contributed by atoms with E-state index in [9.17, 15) is 13.2 Å². The molecule has 0 bridgehead atoms. The lowest BCUT2D eigenvalue weighted by atomic mass is 10.1. The smallest absolute Gasteiger partial charge is 0.246 e. The minimum absolute atomic E-state index is 0.0128. The molecule has 2 aliphatic heterocycles. The molecular formula is C15H24N4O4S. The van der Waals surface area contributed by atoms with Crippen LogP contribution in [0, 0.1) is 5.92 Å². The number of carbonyl (C=O) groups is 1. The number of aromatic nitrogens is 2. The van der Waals surface area contributed by atoms with Crippen molar-refractivity contribution in [3.05, 3.63) is 12.3 Å². The van der Waals surface area contributed by atoms with Crippen molar-refractivity contribution in [3.8, 4) is 0 Å². The zero-order chi connectivity index (χ0) is 17.2. The number of amides is 1. The summed E-state index contributed by atoms with van der Waals surface area (Å²) >= 11 is 0. The van der Waals surface area contributed by atoms with Gasteiger partial charge in [-0.2, -0.15) is 5.10 Å². The van der Waals surface area contributed by atoms with Gasteiger partial charge in [0.05, 0.1) is 18.6 Å². The number of nitrogens with zero attached hydrogens (tertiary/aromatic N) is 3. The van der Waals surface area contributed by atoms with Crippen LogP contribution < -0.4 is 9.62 Å². The first-order valence-corrected chi connectivity index (χ1v) is 10.1. The Morgan fingerprint density at radius 3 is 2.96 bits per heavy atom. The van der Waals surface area contributed by atoms with Crippen LogP contribution in [-0.4, -0.2) is 55.7 Å². The fraction of sp³-hybridized carbons (Fsp3) is 0.733. The molecule has 1 aromatic heterocycles. The fourth-order valence-corrected chi connectivity index (χ4v) is 4.93. The van der Waals surface area contributed by atoms with E-state index in [2.05, 4.69) is 9.82 Å². The van der Waals surface area contributed by atoms with Crippen molar-refractivity contribution in [1.82, 2.24) is 14.5 Å². The van der Waals surface area contributed by atoms with Crippen LogP contribution in [0.5, 0.6) is 0 Å². The van der Waals surface area contributed by atoms with E-state index < -0.39 is 16.1 Å². The van der Waals surface area contributed by atoms with Crippen LogP contribution in [0.2, 0.25) is 0 Å². The lowest BCUT2D eigenvalue weighted by molar-refractivity contribution is -0.121. The zero-order valence-corrected chi connectivity index (χ0v) is 14.7. The SMILES string of the molecule is CCn1nccc1N1CCC[C@@H](NS(=O)(=O)C[C@@H]2CCOC2)C1=O. The van der Waals surface area contributed by atoms with Gasteiger partial charge < -0.3 is 4.74 Å². The van der Waals surface area contributed by atoms with Crippen LogP contribution in [0.15, 0.2) is 12.3 Å². The Hall–Kier alpha value is -1.45. The maximum absolute atomic E-state index is 12.7. The lowest BCUT2D eigenvalue weighted by Gasteiger charge is -2.32. The van der Waals surface area contributed by atoms with E-state index in [-0.39, 0.29) is 17.6 Å². The second-order valence-electron chi connectivity index (χ2n) is 6.32.